The Morgan fingerprint density at radius 2 is 0.580 bits per heavy atom. The molecule has 0 N–H and O–H groups in total. The predicted octanol–water partition coefficient (Wildman–Crippen LogP) is 12.5. The van der Waals surface area contributed by atoms with Crippen LogP contribution in [-0.4, -0.2) is 60.5 Å². The van der Waals surface area contributed by atoms with Crippen molar-refractivity contribution in [2.75, 3.05) is 0 Å². The van der Waals surface area contributed by atoms with Crippen LogP contribution in [0.25, 0.3) is 0 Å². The van der Waals surface area contributed by atoms with Gasteiger partial charge in [-0.05, 0) is 73.6 Å². The second-order valence-electron chi connectivity index (χ2n) is 16.6. The van der Waals surface area contributed by atoms with Gasteiger partial charge >= 0.3 is 0 Å². The first kappa shape index (κ1) is 37.2. The lowest BCUT2D eigenvalue weighted by atomic mass is 9.74. The predicted molar refractivity (Wildman–Crippen MR) is 217 cm³/mol. The highest BCUT2D eigenvalue weighted by Gasteiger charge is 2.65. The number of hydrogen-bond donors (Lipinski definition) is 0. The highest BCUT2D eigenvalue weighted by molar-refractivity contribution is 6.40. The van der Waals surface area contributed by atoms with E-state index < -0.39 is 39.0 Å². The van der Waals surface area contributed by atoms with Crippen LogP contribution >= 0.6 is 139 Å². The molecule has 1 aromatic rings. The van der Waals surface area contributed by atoms with Gasteiger partial charge in [0.05, 0.1) is 60.5 Å². The molecule has 1 aromatic carbocycles. The lowest BCUT2D eigenvalue weighted by Gasteiger charge is -2.37. The maximum absolute atomic E-state index is 7.39. The van der Waals surface area contributed by atoms with Gasteiger partial charge in [-0.15, -0.1) is 139 Å². The number of alkyl halides is 12. The van der Waals surface area contributed by atoms with Crippen LogP contribution in [0.15, 0.2) is 60.7 Å². The van der Waals surface area contributed by atoms with Gasteiger partial charge in [-0.2, -0.15) is 0 Å². The molecule has 0 aliphatic heterocycles. The number of allylic oxidation sites excluding steroid dienone is 8. The molecule has 0 saturated heterocycles. The number of rotatable bonds is 8. The van der Waals surface area contributed by atoms with Gasteiger partial charge in [-0.25, -0.2) is 0 Å². The van der Waals surface area contributed by atoms with Crippen molar-refractivity contribution in [1.29, 1.82) is 0 Å². The van der Waals surface area contributed by atoms with E-state index in [0.717, 1.165) is 22.3 Å². The number of hydrogen-bond acceptors (Lipinski definition) is 0. The molecule has 0 nitrogen and oxygen atoms in total. The summed E-state index contributed by atoms with van der Waals surface area (Å²) in [7, 11) is 0. The second kappa shape index (κ2) is 11.6. The fourth-order valence-electron chi connectivity index (χ4n) is 11.0. The van der Waals surface area contributed by atoms with Crippen molar-refractivity contribution < 1.29 is 0 Å². The molecule has 0 aromatic heterocycles. The third-order valence-corrected chi connectivity index (χ3v) is 21.1. The second-order valence-corrected chi connectivity index (χ2v) is 24.2. The molecule has 0 radical (unpaired) electrons. The van der Waals surface area contributed by atoms with Gasteiger partial charge in [0.2, 0.25) is 0 Å². The van der Waals surface area contributed by atoms with Crippen molar-refractivity contribution in [3.8, 4) is 0 Å². The van der Waals surface area contributed by atoms with Crippen LogP contribution in [-0.2, 0) is 25.7 Å². The minimum absolute atomic E-state index is 0.108. The summed E-state index contributed by atoms with van der Waals surface area (Å²) in [5, 5.41) is -1.46. The fourth-order valence-corrected chi connectivity index (χ4v) is 17.1. The maximum atomic E-state index is 7.39. The van der Waals surface area contributed by atoms with Crippen molar-refractivity contribution in [2.24, 2.45) is 23.7 Å². The molecule has 16 atom stereocenters. The first-order valence-corrected chi connectivity index (χ1v) is 22.0. The van der Waals surface area contributed by atoms with E-state index in [0.29, 0.717) is 51.4 Å². The van der Waals surface area contributed by atoms with E-state index in [-0.39, 0.29) is 45.2 Å². The minimum atomic E-state index is -0.712. The summed E-state index contributed by atoms with van der Waals surface area (Å²) in [4.78, 5) is -5.45. The Labute approximate surface area is 354 Å². The monoisotopic (exact) mass is 910 g/mol. The van der Waals surface area contributed by atoms with Crippen LogP contribution in [0.2, 0.25) is 0 Å². The molecule has 0 heterocycles. The first-order valence-electron chi connectivity index (χ1n) is 17.2. The van der Waals surface area contributed by atoms with Gasteiger partial charge in [-0.3, -0.25) is 0 Å². The zero-order valence-corrected chi connectivity index (χ0v) is 35.7. The minimum Gasteiger partial charge on any atom is -0.120 e. The van der Waals surface area contributed by atoms with Gasteiger partial charge in [0.25, 0.3) is 0 Å². The third kappa shape index (κ3) is 5.18. The number of fused-ring (bicyclic) bond motifs is 8. The quantitative estimate of drug-likeness (QED) is 0.180. The molecule has 12 heteroatoms. The van der Waals surface area contributed by atoms with Crippen molar-refractivity contribution in [3.63, 3.8) is 0 Å². The molecule has 8 bridgehead atoms. The molecule has 270 valence electrons. The van der Waals surface area contributed by atoms with E-state index in [4.69, 9.17) is 139 Å². The van der Waals surface area contributed by atoms with Gasteiger partial charge in [-0.1, -0.05) is 60.7 Å². The van der Waals surface area contributed by atoms with E-state index in [2.05, 4.69) is 12.1 Å². The molecule has 4 saturated carbocycles. The summed E-state index contributed by atoms with van der Waals surface area (Å²) in [5.41, 5.74) is 4.54. The van der Waals surface area contributed by atoms with E-state index in [1.54, 1.807) is 0 Å². The fraction of sp³-hybridized carbons (Fsp3) is 0.632. The van der Waals surface area contributed by atoms with Crippen molar-refractivity contribution in [1.82, 2.24) is 0 Å². The molecule has 16 unspecified atom stereocenters. The molecular formula is C38H34Cl12. The molecule has 4 fully saturated rings. The highest BCUT2D eigenvalue weighted by Crippen LogP contribution is 2.64. The summed E-state index contributed by atoms with van der Waals surface area (Å²) < 4.78 is 0. The van der Waals surface area contributed by atoms with Crippen LogP contribution in [0, 0.1) is 23.7 Å². The molecule has 0 amide bonds. The molecule has 50 heavy (non-hydrogen) atoms. The van der Waals surface area contributed by atoms with E-state index in [1.807, 2.05) is 48.6 Å². The average Bonchev–Trinajstić information content (AvgIpc) is 3.87. The normalized spacial score (nSPS) is 55.9. The highest BCUT2D eigenvalue weighted by atomic mass is 35.5. The first-order chi connectivity index (χ1) is 23.2. The summed E-state index contributed by atoms with van der Waals surface area (Å²) in [6.45, 7) is 0. The summed E-state index contributed by atoms with van der Waals surface area (Å²) in [6, 6.07) is 4.42. The summed E-state index contributed by atoms with van der Waals surface area (Å²) in [5.74, 6) is -0.512. The zero-order chi connectivity index (χ0) is 35.7. The SMILES string of the molecule is ClC1C(Cc2ccc(CC3C(Cl)C4(Cl)C=CC3(Cl)C4)c(CC3C(Cl)C4(Cl)C=CC3(Cl)C4)c2CC2C(Cl)C3(Cl)C=CC2(Cl)C3)C2(Cl)C=CC1(Cl)C2. The molecule has 9 rings (SSSR count). The third-order valence-electron chi connectivity index (χ3n) is 13.8. The Hall–Kier alpha value is 1.66. The standard InChI is InChI=1S/C38H34Cl12/c39-27-23(31(43)3-7-35(27,47)15-31)11-19-1-2-20(12-24-28(40)36(48)8-4-32(24,44)16-36)22(14-26-30(42)38(50)10-6-34(26,46)18-38)21(19)13-25-29(41)37(49)9-5-33(25,45)17-37/h1-10,23-30H,11-18H2. The van der Waals surface area contributed by atoms with Crippen LogP contribution in [0.3, 0.4) is 0 Å². The van der Waals surface area contributed by atoms with E-state index >= 15 is 0 Å². The zero-order valence-electron chi connectivity index (χ0n) is 26.6. The lowest BCUT2D eigenvalue weighted by molar-refractivity contribution is 0.443. The molecular weight excluding hydrogens is 882 g/mol. The molecule has 8 aliphatic rings. The average molecular weight is 916 g/mol. The van der Waals surface area contributed by atoms with Gasteiger partial charge in [0.15, 0.2) is 0 Å². The van der Waals surface area contributed by atoms with Crippen LogP contribution in [0.4, 0.5) is 0 Å². The summed E-state index contributed by atoms with van der Waals surface area (Å²) >= 11 is 86.5. The maximum Gasteiger partial charge on any atom is 0.0813 e. The lowest BCUT2D eigenvalue weighted by Crippen LogP contribution is -2.39. The largest absolute Gasteiger partial charge is 0.120 e. The van der Waals surface area contributed by atoms with Gasteiger partial charge < -0.3 is 0 Å². The van der Waals surface area contributed by atoms with Gasteiger partial charge in [0.1, 0.15) is 0 Å². The number of benzene rings is 1. The number of halogens is 12. The van der Waals surface area contributed by atoms with E-state index in [1.165, 1.54) is 0 Å². The van der Waals surface area contributed by atoms with Crippen molar-refractivity contribution in [3.05, 3.63) is 83.0 Å². The smallest absolute Gasteiger partial charge is 0.0813 e. The van der Waals surface area contributed by atoms with Crippen LogP contribution in [0.1, 0.15) is 47.9 Å². The molecule has 0 spiro atoms. The van der Waals surface area contributed by atoms with Gasteiger partial charge in [0, 0.05) is 23.7 Å². The Morgan fingerprint density at radius 3 is 0.800 bits per heavy atom. The van der Waals surface area contributed by atoms with Crippen molar-refractivity contribution in [2.45, 2.75) is 112 Å². The topological polar surface area (TPSA) is 0 Å². The summed E-state index contributed by atoms with van der Waals surface area (Å²) in [6.07, 6.45) is 20.7. The Bertz CT molecular complexity index is 1660. The Balaban J connectivity index is 1.19. The Kier molecular flexibility index (Phi) is 8.66. The van der Waals surface area contributed by atoms with Crippen LogP contribution in [0.5, 0.6) is 0 Å². The molecule has 8 aliphatic carbocycles. The Morgan fingerprint density at radius 1 is 0.360 bits per heavy atom. The van der Waals surface area contributed by atoms with Crippen LogP contribution < -0.4 is 0 Å². The van der Waals surface area contributed by atoms with Crippen molar-refractivity contribution >= 4 is 139 Å². The van der Waals surface area contributed by atoms with E-state index in [9.17, 15) is 0 Å².